The van der Waals surface area contributed by atoms with Crippen molar-refractivity contribution in [2.24, 2.45) is 0 Å². The third-order valence-corrected chi connectivity index (χ3v) is 3.27. The molecule has 0 spiro atoms. The molecule has 5 nitrogen and oxygen atoms in total. The van der Waals surface area contributed by atoms with Gasteiger partial charge >= 0.3 is 0 Å². The van der Waals surface area contributed by atoms with Gasteiger partial charge in [0.1, 0.15) is 5.02 Å². The maximum absolute atomic E-state index is 12.2. The van der Waals surface area contributed by atoms with Gasteiger partial charge in [-0.05, 0) is 19.1 Å². The number of nitrogens with one attached hydrogen (secondary N) is 1. The molecule has 1 heterocycles. The number of aromatic nitrogens is 2. The van der Waals surface area contributed by atoms with E-state index in [0.29, 0.717) is 17.9 Å². The van der Waals surface area contributed by atoms with E-state index < -0.39 is 0 Å². The Labute approximate surface area is 122 Å². The van der Waals surface area contributed by atoms with Crippen LogP contribution in [0.3, 0.4) is 0 Å². The Bertz CT molecular complexity index is 628. The predicted molar refractivity (Wildman–Crippen MR) is 79.8 cm³/mol. The summed E-state index contributed by atoms with van der Waals surface area (Å²) in [5.74, 6) is 0. The molecular formula is C14H16ClN3O2. The highest BCUT2D eigenvalue weighted by atomic mass is 35.5. The van der Waals surface area contributed by atoms with E-state index in [9.17, 15) is 4.79 Å². The van der Waals surface area contributed by atoms with Crippen LogP contribution in [0.5, 0.6) is 0 Å². The molecule has 2 aromatic rings. The molecule has 0 aliphatic rings. The first-order valence-corrected chi connectivity index (χ1v) is 6.61. The Balaban J connectivity index is 2.28. The summed E-state index contributed by atoms with van der Waals surface area (Å²) in [6, 6.07) is 9.14. The Hall–Kier alpha value is -1.85. The summed E-state index contributed by atoms with van der Waals surface area (Å²) < 4.78 is 6.40. The molecule has 1 aromatic heterocycles. The summed E-state index contributed by atoms with van der Waals surface area (Å²) in [7, 11) is 1.62. The molecule has 1 N–H and O–H groups in total. The Morgan fingerprint density at radius 1 is 1.40 bits per heavy atom. The lowest BCUT2D eigenvalue weighted by Gasteiger charge is -2.13. The van der Waals surface area contributed by atoms with E-state index >= 15 is 0 Å². The van der Waals surface area contributed by atoms with Crippen LogP contribution < -0.4 is 10.9 Å². The summed E-state index contributed by atoms with van der Waals surface area (Å²) >= 11 is 6.10. The van der Waals surface area contributed by atoms with E-state index in [0.717, 1.165) is 0 Å². The van der Waals surface area contributed by atoms with Crippen molar-refractivity contribution in [1.82, 2.24) is 9.78 Å². The highest BCUT2D eigenvalue weighted by Gasteiger charge is 2.11. The number of para-hydroxylation sites is 1. The van der Waals surface area contributed by atoms with Gasteiger partial charge in [0.25, 0.3) is 5.56 Å². The van der Waals surface area contributed by atoms with E-state index in [4.69, 9.17) is 16.3 Å². The highest BCUT2D eigenvalue weighted by Crippen LogP contribution is 2.16. The lowest BCUT2D eigenvalue weighted by Crippen LogP contribution is -2.24. The first-order valence-electron chi connectivity index (χ1n) is 6.23. The van der Waals surface area contributed by atoms with E-state index in [1.54, 1.807) is 25.4 Å². The fourth-order valence-corrected chi connectivity index (χ4v) is 1.84. The fourth-order valence-electron chi connectivity index (χ4n) is 1.65. The van der Waals surface area contributed by atoms with Crippen molar-refractivity contribution < 1.29 is 4.74 Å². The fraction of sp³-hybridized carbons (Fsp3) is 0.286. The molecule has 20 heavy (non-hydrogen) atoms. The number of methoxy groups -OCH3 is 1. The zero-order valence-corrected chi connectivity index (χ0v) is 12.1. The van der Waals surface area contributed by atoms with Gasteiger partial charge in [-0.3, -0.25) is 4.79 Å². The number of benzene rings is 1. The summed E-state index contributed by atoms with van der Waals surface area (Å²) in [5.41, 5.74) is 0.830. The van der Waals surface area contributed by atoms with Crippen LogP contribution in [0.2, 0.25) is 5.02 Å². The van der Waals surface area contributed by atoms with E-state index in [-0.39, 0.29) is 16.7 Å². The summed E-state index contributed by atoms with van der Waals surface area (Å²) in [5, 5.41) is 7.30. The summed E-state index contributed by atoms with van der Waals surface area (Å²) in [6.07, 6.45) is 1.56. The van der Waals surface area contributed by atoms with Crippen LogP contribution in [0.25, 0.3) is 5.69 Å². The van der Waals surface area contributed by atoms with Gasteiger partial charge in [0.15, 0.2) is 0 Å². The van der Waals surface area contributed by atoms with Crippen molar-refractivity contribution in [3.05, 3.63) is 51.9 Å². The van der Waals surface area contributed by atoms with E-state index in [2.05, 4.69) is 10.4 Å². The quantitative estimate of drug-likeness (QED) is 0.919. The number of ether oxygens (including phenoxy) is 1. The van der Waals surface area contributed by atoms with Gasteiger partial charge in [0, 0.05) is 13.7 Å². The van der Waals surface area contributed by atoms with Crippen LogP contribution in [0.4, 0.5) is 5.69 Å². The Morgan fingerprint density at radius 2 is 2.10 bits per heavy atom. The normalized spacial score (nSPS) is 12.2. The number of rotatable bonds is 5. The molecule has 106 valence electrons. The first kappa shape index (κ1) is 14.6. The van der Waals surface area contributed by atoms with Crippen molar-refractivity contribution >= 4 is 17.3 Å². The van der Waals surface area contributed by atoms with E-state index in [1.165, 1.54) is 4.68 Å². The second-order valence-corrected chi connectivity index (χ2v) is 4.73. The van der Waals surface area contributed by atoms with Gasteiger partial charge in [-0.1, -0.05) is 29.8 Å². The average Bonchev–Trinajstić information content (AvgIpc) is 2.49. The minimum atomic E-state index is -0.354. The molecule has 0 aliphatic heterocycles. The zero-order chi connectivity index (χ0) is 14.5. The van der Waals surface area contributed by atoms with Crippen molar-refractivity contribution in [3.63, 3.8) is 0 Å². The van der Waals surface area contributed by atoms with Gasteiger partial charge in [-0.25, -0.2) is 0 Å². The third kappa shape index (κ3) is 3.18. The van der Waals surface area contributed by atoms with Crippen LogP contribution in [0.15, 0.2) is 41.3 Å². The molecule has 0 bridgehead atoms. The highest BCUT2D eigenvalue weighted by molar-refractivity contribution is 6.32. The smallest absolute Gasteiger partial charge is 0.292 e. The van der Waals surface area contributed by atoms with Crippen molar-refractivity contribution in [2.75, 3.05) is 19.0 Å². The van der Waals surface area contributed by atoms with Crippen LogP contribution in [-0.2, 0) is 4.74 Å². The molecule has 0 saturated carbocycles. The van der Waals surface area contributed by atoms with Crippen LogP contribution in [0.1, 0.15) is 6.92 Å². The predicted octanol–water partition coefficient (Wildman–Crippen LogP) is 2.33. The van der Waals surface area contributed by atoms with Crippen LogP contribution in [-0.4, -0.2) is 29.5 Å². The maximum Gasteiger partial charge on any atom is 0.292 e. The number of hydrogen-bond donors (Lipinski definition) is 1. The van der Waals surface area contributed by atoms with Crippen molar-refractivity contribution in [1.29, 1.82) is 0 Å². The molecular weight excluding hydrogens is 278 g/mol. The molecule has 0 fully saturated rings. The molecule has 0 amide bonds. The molecule has 2 rings (SSSR count). The monoisotopic (exact) mass is 293 g/mol. The second-order valence-electron chi connectivity index (χ2n) is 4.35. The van der Waals surface area contributed by atoms with Gasteiger partial charge in [-0.15, -0.1) is 0 Å². The van der Waals surface area contributed by atoms with E-state index in [1.807, 2.05) is 25.1 Å². The first-order chi connectivity index (χ1) is 9.63. The van der Waals surface area contributed by atoms with Crippen molar-refractivity contribution in [2.45, 2.75) is 13.0 Å². The molecule has 1 unspecified atom stereocenters. The standard InChI is InChI=1S/C14H16ClN3O2/c1-10(20-2)8-16-12-9-17-18(14(19)13(12)15)11-6-4-3-5-7-11/h3-7,9-10,16H,8H2,1-2H3. The summed E-state index contributed by atoms with van der Waals surface area (Å²) in [4.78, 5) is 12.2. The van der Waals surface area contributed by atoms with Gasteiger partial charge in [-0.2, -0.15) is 9.78 Å². The van der Waals surface area contributed by atoms with Crippen molar-refractivity contribution in [3.8, 4) is 5.69 Å². The van der Waals surface area contributed by atoms with Gasteiger partial charge in [0.2, 0.25) is 0 Å². The molecule has 1 aromatic carbocycles. The lowest BCUT2D eigenvalue weighted by atomic mass is 10.3. The maximum atomic E-state index is 12.2. The Morgan fingerprint density at radius 3 is 2.75 bits per heavy atom. The SMILES string of the molecule is COC(C)CNc1cnn(-c2ccccc2)c(=O)c1Cl. The largest absolute Gasteiger partial charge is 0.380 e. The van der Waals surface area contributed by atoms with Crippen LogP contribution >= 0.6 is 11.6 Å². The number of hydrogen-bond acceptors (Lipinski definition) is 4. The molecule has 1 atom stereocenters. The number of nitrogens with zero attached hydrogens (tertiary/aromatic N) is 2. The topological polar surface area (TPSA) is 56.1 Å². The molecule has 0 radical (unpaired) electrons. The zero-order valence-electron chi connectivity index (χ0n) is 11.3. The van der Waals surface area contributed by atoms with Crippen LogP contribution in [0, 0.1) is 0 Å². The summed E-state index contributed by atoms with van der Waals surface area (Å²) in [6.45, 7) is 2.46. The molecule has 0 saturated heterocycles. The number of anilines is 1. The Kier molecular flexibility index (Phi) is 4.76. The van der Waals surface area contributed by atoms with Gasteiger partial charge < -0.3 is 10.1 Å². The van der Waals surface area contributed by atoms with Gasteiger partial charge in [0.05, 0.1) is 23.7 Å². The second kappa shape index (κ2) is 6.54. The minimum Gasteiger partial charge on any atom is -0.380 e. The average molecular weight is 294 g/mol. The lowest BCUT2D eigenvalue weighted by molar-refractivity contribution is 0.129. The third-order valence-electron chi connectivity index (χ3n) is 2.90. The minimum absolute atomic E-state index is 0.0163. The molecule has 0 aliphatic carbocycles. The molecule has 6 heteroatoms. The number of halogens is 1.